The Kier molecular flexibility index (Phi) is 4.44. The fourth-order valence-electron chi connectivity index (χ4n) is 4.25. The first-order valence-corrected chi connectivity index (χ1v) is 8.53. The summed E-state index contributed by atoms with van der Waals surface area (Å²) >= 11 is 0. The maximum Gasteiger partial charge on any atom is 0.179 e. The molecule has 0 radical (unpaired) electrons. The van der Waals surface area contributed by atoms with E-state index in [1.807, 2.05) is 24.3 Å². The van der Waals surface area contributed by atoms with Crippen LogP contribution in [0.2, 0.25) is 0 Å². The molecule has 1 aromatic rings. The normalized spacial score (nSPS) is 25.3. The molecule has 2 heteroatoms. The van der Waals surface area contributed by atoms with Crippen LogP contribution in [-0.2, 0) is 0 Å². The standard InChI is InChI=1S/C19H27NO/c1-14-9-11-17(12-10-14)19(21)15(2)20-13-5-8-18(20)16-6-3-4-7-16/h9-12,15-16,18H,3-8,13H2,1-2H3. The van der Waals surface area contributed by atoms with E-state index in [1.54, 1.807) is 0 Å². The molecule has 1 aromatic carbocycles. The SMILES string of the molecule is Cc1ccc(C(=O)C(C)N2CCCC2C2CCCC2)cc1. The number of hydrogen-bond acceptors (Lipinski definition) is 2. The lowest BCUT2D eigenvalue weighted by Gasteiger charge is -2.33. The zero-order chi connectivity index (χ0) is 14.8. The lowest BCUT2D eigenvalue weighted by atomic mass is 9.94. The van der Waals surface area contributed by atoms with Crippen LogP contribution >= 0.6 is 0 Å². The third-order valence-corrected chi connectivity index (χ3v) is 5.50. The minimum Gasteiger partial charge on any atom is -0.292 e. The van der Waals surface area contributed by atoms with Gasteiger partial charge in [-0.25, -0.2) is 0 Å². The summed E-state index contributed by atoms with van der Waals surface area (Å²) in [5.74, 6) is 1.13. The van der Waals surface area contributed by atoms with Gasteiger partial charge < -0.3 is 0 Å². The lowest BCUT2D eigenvalue weighted by molar-refractivity contribution is 0.0770. The van der Waals surface area contributed by atoms with Crippen LogP contribution in [0.3, 0.4) is 0 Å². The summed E-state index contributed by atoms with van der Waals surface area (Å²) in [4.78, 5) is 15.3. The maximum absolute atomic E-state index is 12.8. The Bertz CT molecular complexity index is 487. The number of nitrogens with zero attached hydrogens (tertiary/aromatic N) is 1. The van der Waals surface area contributed by atoms with Gasteiger partial charge in [-0.05, 0) is 52.0 Å². The third kappa shape index (κ3) is 3.06. The Labute approximate surface area is 128 Å². The van der Waals surface area contributed by atoms with Gasteiger partial charge in [0, 0.05) is 11.6 Å². The van der Waals surface area contributed by atoms with Crippen molar-refractivity contribution < 1.29 is 4.79 Å². The Morgan fingerprint density at radius 3 is 2.43 bits per heavy atom. The van der Waals surface area contributed by atoms with E-state index in [-0.39, 0.29) is 6.04 Å². The van der Waals surface area contributed by atoms with E-state index in [0.29, 0.717) is 11.8 Å². The van der Waals surface area contributed by atoms with Crippen molar-refractivity contribution in [3.05, 3.63) is 35.4 Å². The first kappa shape index (κ1) is 14.8. The lowest BCUT2D eigenvalue weighted by Crippen LogP contribution is -2.44. The Balaban J connectivity index is 1.72. The Hall–Kier alpha value is -1.15. The summed E-state index contributed by atoms with van der Waals surface area (Å²) in [5.41, 5.74) is 2.08. The zero-order valence-electron chi connectivity index (χ0n) is 13.3. The van der Waals surface area contributed by atoms with Gasteiger partial charge in [-0.3, -0.25) is 9.69 Å². The molecule has 2 aliphatic rings. The van der Waals surface area contributed by atoms with Gasteiger partial charge in [0.2, 0.25) is 0 Å². The molecule has 0 amide bonds. The molecule has 1 heterocycles. The van der Waals surface area contributed by atoms with Gasteiger partial charge in [0.15, 0.2) is 5.78 Å². The molecule has 2 unspecified atom stereocenters. The van der Waals surface area contributed by atoms with Gasteiger partial charge in [0.05, 0.1) is 6.04 Å². The van der Waals surface area contributed by atoms with Crippen LogP contribution in [-0.4, -0.2) is 29.3 Å². The van der Waals surface area contributed by atoms with Crippen LogP contribution in [0, 0.1) is 12.8 Å². The molecule has 1 aliphatic carbocycles. The largest absolute Gasteiger partial charge is 0.292 e. The average Bonchev–Trinajstić information content (AvgIpc) is 3.17. The topological polar surface area (TPSA) is 20.3 Å². The number of aryl methyl sites for hydroxylation is 1. The molecule has 0 aromatic heterocycles. The number of Topliss-reactive ketones (excluding diaryl/α,β-unsaturated/α-hetero) is 1. The average molecular weight is 285 g/mol. The number of rotatable bonds is 4. The van der Waals surface area contributed by atoms with Gasteiger partial charge in [-0.15, -0.1) is 0 Å². The van der Waals surface area contributed by atoms with Gasteiger partial charge >= 0.3 is 0 Å². The Morgan fingerprint density at radius 2 is 1.76 bits per heavy atom. The predicted molar refractivity (Wildman–Crippen MR) is 86.7 cm³/mol. The molecule has 0 N–H and O–H groups in total. The summed E-state index contributed by atoms with van der Waals surface area (Å²) in [5, 5.41) is 0. The highest BCUT2D eigenvalue weighted by atomic mass is 16.1. The number of likely N-dealkylation sites (tertiary alicyclic amines) is 1. The monoisotopic (exact) mass is 285 g/mol. The van der Waals surface area contributed by atoms with E-state index in [0.717, 1.165) is 18.0 Å². The summed E-state index contributed by atoms with van der Waals surface area (Å²) in [6.45, 7) is 5.27. The molecule has 0 spiro atoms. The van der Waals surface area contributed by atoms with Crippen molar-refractivity contribution in [3.8, 4) is 0 Å². The molecule has 2 fully saturated rings. The molecule has 1 aliphatic heterocycles. The second-order valence-corrected chi connectivity index (χ2v) is 6.90. The van der Waals surface area contributed by atoms with Crippen LogP contribution in [0.25, 0.3) is 0 Å². The quantitative estimate of drug-likeness (QED) is 0.772. The van der Waals surface area contributed by atoms with Gasteiger partial charge in [0.1, 0.15) is 0 Å². The summed E-state index contributed by atoms with van der Waals surface area (Å²) in [7, 11) is 0. The first-order chi connectivity index (χ1) is 10.2. The first-order valence-electron chi connectivity index (χ1n) is 8.53. The number of carbonyl (C=O) groups excluding carboxylic acids is 1. The molecule has 0 bridgehead atoms. The molecule has 2 nitrogen and oxygen atoms in total. The second-order valence-electron chi connectivity index (χ2n) is 6.90. The third-order valence-electron chi connectivity index (χ3n) is 5.50. The second kappa shape index (κ2) is 6.31. The molecular weight excluding hydrogens is 258 g/mol. The minimum atomic E-state index is 0.0285. The Morgan fingerprint density at radius 1 is 1.10 bits per heavy atom. The van der Waals surface area contributed by atoms with E-state index in [1.165, 1.54) is 44.1 Å². The number of benzene rings is 1. The fraction of sp³-hybridized carbons (Fsp3) is 0.632. The highest BCUT2D eigenvalue weighted by Crippen LogP contribution is 2.36. The van der Waals surface area contributed by atoms with E-state index in [9.17, 15) is 4.79 Å². The number of hydrogen-bond donors (Lipinski definition) is 0. The number of ketones is 1. The highest BCUT2D eigenvalue weighted by Gasteiger charge is 2.37. The van der Waals surface area contributed by atoms with E-state index < -0.39 is 0 Å². The number of carbonyl (C=O) groups is 1. The molecule has 21 heavy (non-hydrogen) atoms. The van der Waals surface area contributed by atoms with Crippen LogP contribution in [0.5, 0.6) is 0 Å². The fourth-order valence-corrected chi connectivity index (χ4v) is 4.25. The molecule has 114 valence electrons. The van der Waals surface area contributed by atoms with Crippen LogP contribution in [0.4, 0.5) is 0 Å². The van der Waals surface area contributed by atoms with Crippen molar-refractivity contribution >= 4 is 5.78 Å². The smallest absolute Gasteiger partial charge is 0.179 e. The summed E-state index contributed by atoms with van der Waals surface area (Å²) in [6.07, 6.45) is 8.05. The summed E-state index contributed by atoms with van der Waals surface area (Å²) < 4.78 is 0. The minimum absolute atomic E-state index is 0.0285. The van der Waals surface area contributed by atoms with E-state index >= 15 is 0 Å². The highest BCUT2D eigenvalue weighted by molar-refractivity contribution is 5.99. The van der Waals surface area contributed by atoms with Gasteiger partial charge in [-0.2, -0.15) is 0 Å². The van der Waals surface area contributed by atoms with Crippen molar-refractivity contribution in [2.24, 2.45) is 5.92 Å². The zero-order valence-corrected chi connectivity index (χ0v) is 13.3. The molecule has 1 saturated carbocycles. The molecule has 1 saturated heterocycles. The van der Waals surface area contributed by atoms with Crippen LogP contribution in [0.1, 0.15) is 61.4 Å². The molecule has 2 atom stereocenters. The van der Waals surface area contributed by atoms with Crippen molar-refractivity contribution in [1.82, 2.24) is 4.90 Å². The summed E-state index contributed by atoms with van der Waals surface area (Å²) in [6, 6.07) is 8.72. The van der Waals surface area contributed by atoms with Crippen molar-refractivity contribution in [2.75, 3.05) is 6.54 Å². The van der Waals surface area contributed by atoms with E-state index in [4.69, 9.17) is 0 Å². The van der Waals surface area contributed by atoms with E-state index in [2.05, 4.69) is 18.7 Å². The van der Waals surface area contributed by atoms with Crippen molar-refractivity contribution in [3.63, 3.8) is 0 Å². The van der Waals surface area contributed by atoms with Gasteiger partial charge in [-0.1, -0.05) is 42.7 Å². The van der Waals surface area contributed by atoms with Crippen LogP contribution < -0.4 is 0 Å². The van der Waals surface area contributed by atoms with Crippen molar-refractivity contribution in [1.29, 1.82) is 0 Å². The maximum atomic E-state index is 12.8. The van der Waals surface area contributed by atoms with Gasteiger partial charge in [0.25, 0.3) is 0 Å². The molecular formula is C19H27NO. The predicted octanol–water partition coefficient (Wildman–Crippen LogP) is 4.22. The van der Waals surface area contributed by atoms with Crippen molar-refractivity contribution in [2.45, 2.75) is 64.5 Å². The van der Waals surface area contributed by atoms with Crippen LogP contribution in [0.15, 0.2) is 24.3 Å². The molecule has 3 rings (SSSR count).